The van der Waals surface area contributed by atoms with Crippen molar-refractivity contribution in [2.24, 2.45) is 11.8 Å². The first-order valence-electron chi connectivity index (χ1n) is 14.7. The van der Waals surface area contributed by atoms with Crippen molar-refractivity contribution in [3.63, 3.8) is 0 Å². The van der Waals surface area contributed by atoms with Crippen molar-refractivity contribution in [3.05, 3.63) is 25.3 Å². The molecule has 0 radical (unpaired) electrons. The van der Waals surface area contributed by atoms with Gasteiger partial charge in [0, 0.05) is 19.0 Å². The van der Waals surface area contributed by atoms with Gasteiger partial charge < -0.3 is 29.7 Å². The van der Waals surface area contributed by atoms with Crippen LogP contribution >= 0.6 is 0 Å². The van der Waals surface area contributed by atoms with Crippen LogP contribution in [0.2, 0.25) is 0 Å². The average molecular weight is 562 g/mol. The number of amides is 3. The van der Waals surface area contributed by atoms with E-state index in [1.165, 1.54) is 4.90 Å². The number of rotatable bonds is 16. The van der Waals surface area contributed by atoms with E-state index >= 15 is 0 Å². The highest BCUT2D eigenvalue weighted by atomic mass is 16.6. The lowest BCUT2D eigenvalue weighted by Crippen LogP contribution is -2.60. The Morgan fingerprint density at radius 2 is 2.00 bits per heavy atom. The number of fused-ring (bicyclic) bond motifs is 1. The molecule has 10 heteroatoms. The number of ether oxygens (including phenoxy) is 2. The Kier molecular flexibility index (Phi) is 10.9. The van der Waals surface area contributed by atoms with E-state index in [1.807, 2.05) is 13.8 Å². The third-order valence-electron chi connectivity index (χ3n) is 8.65. The molecule has 8 atom stereocenters. The third kappa shape index (κ3) is 5.98. The summed E-state index contributed by atoms with van der Waals surface area (Å²) in [7, 11) is 0. The first-order chi connectivity index (χ1) is 19.1. The summed E-state index contributed by atoms with van der Waals surface area (Å²) in [6, 6.07) is -1.62. The summed E-state index contributed by atoms with van der Waals surface area (Å²) in [5.74, 6) is -3.06. The molecule has 0 aromatic rings. The Bertz CT molecular complexity index is 967. The molecule has 2 bridgehead atoms. The summed E-state index contributed by atoms with van der Waals surface area (Å²) in [6.45, 7) is 15.2. The predicted molar refractivity (Wildman–Crippen MR) is 150 cm³/mol. The minimum atomic E-state index is -1.17. The van der Waals surface area contributed by atoms with Gasteiger partial charge in [-0.05, 0) is 46.0 Å². The zero-order valence-corrected chi connectivity index (χ0v) is 24.5. The molecular formula is C30H47N3O7. The van der Waals surface area contributed by atoms with Crippen LogP contribution in [0, 0.1) is 11.8 Å². The first-order valence-corrected chi connectivity index (χ1v) is 14.7. The predicted octanol–water partition coefficient (Wildman–Crippen LogP) is 2.35. The molecule has 1 unspecified atom stereocenters. The molecule has 3 heterocycles. The lowest BCUT2D eigenvalue weighted by molar-refractivity contribution is -0.160. The average Bonchev–Trinajstić information content (AvgIpc) is 3.57. The van der Waals surface area contributed by atoms with Gasteiger partial charge in [-0.15, -0.1) is 13.2 Å². The number of nitrogens with one attached hydrogen (secondary N) is 1. The van der Waals surface area contributed by atoms with Crippen molar-refractivity contribution >= 4 is 23.7 Å². The highest BCUT2D eigenvalue weighted by Gasteiger charge is 2.75. The van der Waals surface area contributed by atoms with Gasteiger partial charge in [0.2, 0.25) is 17.7 Å². The number of aliphatic hydroxyl groups is 1. The Morgan fingerprint density at radius 3 is 2.60 bits per heavy atom. The summed E-state index contributed by atoms with van der Waals surface area (Å²) >= 11 is 0. The molecule has 3 fully saturated rings. The second kappa shape index (κ2) is 13.8. The van der Waals surface area contributed by atoms with Crippen LogP contribution in [0.3, 0.4) is 0 Å². The van der Waals surface area contributed by atoms with E-state index in [4.69, 9.17) is 9.47 Å². The van der Waals surface area contributed by atoms with Crippen LogP contribution in [0.15, 0.2) is 25.3 Å². The third-order valence-corrected chi connectivity index (χ3v) is 8.65. The Balaban J connectivity index is 1.89. The molecule has 3 aliphatic rings. The fraction of sp³-hybridized carbons (Fsp3) is 0.733. The van der Waals surface area contributed by atoms with Crippen molar-refractivity contribution in [1.29, 1.82) is 0 Å². The summed E-state index contributed by atoms with van der Waals surface area (Å²) in [4.78, 5) is 57.1. The van der Waals surface area contributed by atoms with Gasteiger partial charge in [-0.25, -0.2) is 0 Å². The minimum Gasteiger partial charge on any atom is -0.460 e. The van der Waals surface area contributed by atoms with Crippen molar-refractivity contribution in [1.82, 2.24) is 15.1 Å². The van der Waals surface area contributed by atoms with Crippen molar-refractivity contribution in [2.45, 2.75) is 109 Å². The van der Waals surface area contributed by atoms with Gasteiger partial charge in [0.05, 0.1) is 37.1 Å². The van der Waals surface area contributed by atoms with Crippen molar-refractivity contribution < 1.29 is 33.8 Å². The van der Waals surface area contributed by atoms with E-state index in [1.54, 1.807) is 24.0 Å². The lowest BCUT2D eigenvalue weighted by atomic mass is 9.70. The van der Waals surface area contributed by atoms with Gasteiger partial charge in [-0.1, -0.05) is 32.4 Å². The van der Waals surface area contributed by atoms with E-state index in [2.05, 4.69) is 25.4 Å². The highest BCUT2D eigenvalue weighted by molar-refractivity contribution is 5.98. The maximum Gasteiger partial charge on any atom is 0.312 e. The number of hydrogen-bond acceptors (Lipinski definition) is 7. The van der Waals surface area contributed by atoms with Gasteiger partial charge in [0.1, 0.15) is 17.7 Å². The van der Waals surface area contributed by atoms with Crippen LogP contribution < -0.4 is 5.32 Å². The maximum absolute atomic E-state index is 14.3. The summed E-state index contributed by atoms with van der Waals surface area (Å²) in [5, 5.41) is 13.0. The first kappa shape index (κ1) is 31.8. The molecule has 2 N–H and O–H groups in total. The van der Waals surface area contributed by atoms with Crippen LogP contribution in [0.5, 0.6) is 0 Å². The molecular weight excluding hydrogens is 514 g/mol. The maximum atomic E-state index is 14.3. The fourth-order valence-corrected chi connectivity index (χ4v) is 6.70. The number of hydrogen-bond donors (Lipinski definition) is 2. The number of esters is 1. The molecule has 3 rings (SSSR count). The molecule has 0 aromatic carbocycles. The van der Waals surface area contributed by atoms with Crippen LogP contribution in [-0.2, 0) is 28.7 Å². The number of carbonyl (C=O) groups is 4. The smallest absolute Gasteiger partial charge is 0.312 e. The number of likely N-dealkylation sites (tertiary alicyclic amines) is 1. The number of allylic oxidation sites excluding steroid dienone is 1. The summed E-state index contributed by atoms with van der Waals surface area (Å²) in [5.41, 5.74) is -1.17. The van der Waals surface area contributed by atoms with Crippen molar-refractivity contribution in [3.8, 4) is 0 Å². The second-order valence-electron chi connectivity index (χ2n) is 11.3. The molecule has 3 saturated heterocycles. The normalized spacial score (nSPS) is 28.9. The molecule has 3 amide bonds. The molecule has 0 aromatic heterocycles. The van der Waals surface area contributed by atoms with E-state index in [-0.39, 0.29) is 36.9 Å². The van der Waals surface area contributed by atoms with Gasteiger partial charge in [0.25, 0.3) is 0 Å². The zero-order valence-electron chi connectivity index (χ0n) is 24.5. The SMILES string of the molecule is C=CCCC(=O)NC[C@@H](C)OC(=O)[C@@H]1[C@@H]2CC[C@]3(O2)[C@H](C(=O)N(CC=C)C(C)CCC)N([C@@H](CC)CO)C(=O)[C@@H]13. The van der Waals surface area contributed by atoms with E-state index in [0.717, 1.165) is 12.8 Å². The molecule has 224 valence electrons. The molecule has 0 aliphatic carbocycles. The van der Waals surface area contributed by atoms with E-state index in [0.29, 0.717) is 38.6 Å². The molecule has 1 spiro atoms. The number of nitrogens with zero attached hydrogens (tertiary/aromatic N) is 2. The Morgan fingerprint density at radius 1 is 1.27 bits per heavy atom. The van der Waals surface area contributed by atoms with E-state index in [9.17, 15) is 24.3 Å². The minimum absolute atomic E-state index is 0.0842. The van der Waals surface area contributed by atoms with Crippen LogP contribution in [0.25, 0.3) is 0 Å². The second-order valence-corrected chi connectivity index (χ2v) is 11.3. The largest absolute Gasteiger partial charge is 0.460 e. The zero-order chi connectivity index (χ0) is 29.6. The number of aliphatic hydroxyl groups excluding tert-OH is 1. The van der Waals surface area contributed by atoms with Gasteiger partial charge in [0.15, 0.2) is 0 Å². The Labute approximate surface area is 238 Å². The summed E-state index contributed by atoms with van der Waals surface area (Å²) in [6.07, 6.45) is 6.15. The molecule has 40 heavy (non-hydrogen) atoms. The quantitative estimate of drug-likeness (QED) is 0.219. The van der Waals surface area contributed by atoms with E-state index < -0.39 is 47.7 Å². The van der Waals surface area contributed by atoms with Crippen molar-refractivity contribution in [2.75, 3.05) is 19.7 Å². The lowest BCUT2D eigenvalue weighted by Gasteiger charge is -2.40. The molecule has 10 nitrogen and oxygen atoms in total. The monoisotopic (exact) mass is 561 g/mol. The topological polar surface area (TPSA) is 125 Å². The number of carbonyl (C=O) groups excluding carboxylic acids is 4. The van der Waals surface area contributed by atoms with Gasteiger partial charge in [-0.2, -0.15) is 0 Å². The Hall–Kier alpha value is -2.72. The standard InChI is InChI=1S/C30H47N3O7/c1-7-11-13-23(35)31-17-20(6)39-29(38)24-22-14-15-30(40-22)25(24)27(36)33(21(10-4)18-34)26(30)28(37)32(16-9-3)19(5)12-8-2/h7,9,19-22,24-26,34H,1,3,8,10-18H2,2,4-6H3,(H,31,35)/t19?,20-,21+,22+,24-,25-,26+,30-/m1/s1. The fourth-order valence-electron chi connectivity index (χ4n) is 6.70. The molecule has 0 saturated carbocycles. The van der Waals surface area contributed by atoms with Gasteiger partial charge >= 0.3 is 5.97 Å². The summed E-state index contributed by atoms with van der Waals surface area (Å²) < 4.78 is 12.2. The van der Waals surface area contributed by atoms with Crippen LogP contribution in [0.1, 0.15) is 72.6 Å². The van der Waals surface area contributed by atoms with Crippen LogP contribution in [-0.4, -0.2) is 94.2 Å². The van der Waals surface area contributed by atoms with Gasteiger partial charge in [-0.3, -0.25) is 19.2 Å². The highest BCUT2D eigenvalue weighted by Crippen LogP contribution is 2.59. The van der Waals surface area contributed by atoms with Crippen LogP contribution in [0.4, 0.5) is 0 Å². The molecule has 3 aliphatic heterocycles.